The van der Waals surface area contributed by atoms with Gasteiger partial charge in [-0.3, -0.25) is 9.78 Å². The first kappa shape index (κ1) is 18.4. The lowest BCUT2D eigenvalue weighted by Gasteiger charge is -2.11. The molecule has 0 aliphatic heterocycles. The minimum Gasteiger partial charge on any atom is -0.487 e. The molecule has 2 rings (SSSR count). The third-order valence-electron chi connectivity index (χ3n) is 3.24. The summed E-state index contributed by atoms with van der Waals surface area (Å²) in [5.74, 6) is -0.818. The Morgan fingerprint density at radius 3 is 2.54 bits per heavy atom. The zero-order valence-electron chi connectivity index (χ0n) is 12.5. The molecule has 0 N–H and O–H groups in total. The van der Waals surface area contributed by atoms with Crippen molar-refractivity contribution in [2.24, 2.45) is 0 Å². The molecule has 0 aliphatic rings. The largest absolute Gasteiger partial charge is 0.487 e. The number of Topliss-reactive ketones (excluding diaryl/α,β-unsaturated/α-hetero) is 1. The van der Waals surface area contributed by atoms with Crippen LogP contribution < -0.4 is 4.74 Å². The van der Waals surface area contributed by atoms with Crippen molar-refractivity contribution in [3.63, 3.8) is 0 Å². The van der Waals surface area contributed by atoms with E-state index in [4.69, 9.17) is 4.74 Å². The number of carbonyl (C=O) groups excluding carboxylic acids is 1. The standard InChI is InChI=1S/C16H12BrF4NO2/c1-9-4-11(2-3-12(9)15(23)6-17)24-8-14-13(18)5-10(7-22-14)16(19,20)21/h2-5,7H,6,8H2,1H3. The van der Waals surface area contributed by atoms with Crippen LogP contribution >= 0.6 is 15.9 Å². The number of benzene rings is 1. The minimum atomic E-state index is -4.65. The quantitative estimate of drug-likeness (QED) is 0.411. The van der Waals surface area contributed by atoms with E-state index in [-0.39, 0.29) is 23.4 Å². The van der Waals surface area contributed by atoms with Crippen molar-refractivity contribution in [1.82, 2.24) is 4.98 Å². The van der Waals surface area contributed by atoms with Crippen LogP contribution in [0.4, 0.5) is 17.6 Å². The zero-order chi connectivity index (χ0) is 17.9. The number of halogens is 5. The summed E-state index contributed by atoms with van der Waals surface area (Å²) in [6.45, 7) is 1.40. The lowest BCUT2D eigenvalue weighted by atomic mass is 10.1. The minimum absolute atomic E-state index is 0.0884. The van der Waals surface area contributed by atoms with E-state index >= 15 is 0 Å². The van der Waals surface area contributed by atoms with Gasteiger partial charge in [-0.2, -0.15) is 13.2 Å². The Bertz CT molecular complexity index is 762. The van der Waals surface area contributed by atoms with Crippen LogP contribution in [-0.2, 0) is 12.8 Å². The van der Waals surface area contributed by atoms with Crippen LogP contribution in [0.3, 0.4) is 0 Å². The van der Waals surface area contributed by atoms with Gasteiger partial charge in [0.25, 0.3) is 0 Å². The number of hydrogen-bond donors (Lipinski definition) is 0. The Kier molecular flexibility index (Phi) is 5.58. The van der Waals surface area contributed by atoms with Gasteiger partial charge in [0.2, 0.25) is 0 Å². The molecule has 0 saturated carbocycles. The lowest BCUT2D eigenvalue weighted by Crippen LogP contribution is -2.09. The van der Waals surface area contributed by atoms with Crippen molar-refractivity contribution >= 4 is 21.7 Å². The molecular formula is C16H12BrF4NO2. The first-order valence-corrected chi connectivity index (χ1v) is 7.88. The van der Waals surface area contributed by atoms with Gasteiger partial charge < -0.3 is 4.74 Å². The van der Waals surface area contributed by atoms with E-state index < -0.39 is 17.6 Å². The van der Waals surface area contributed by atoms with E-state index in [1.165, 1.54) is 6.07 Å². The van der Waals surface area contributed by atoms with Crippen molar-refractivity contribution in [2.45, 2.75) is 19.7 Å². The van der Waals surface area contributed by atoms with Crippen molar-refractivity contribution in [1.29, 1.82) is 0 Å². The van der Waals surface area contributed by atoms with Gasteiger partial charge in [0.05, 0.1) is 10.9 Å². The summed E-state index contributed by atoms with van der Waals surface area (Å²) in [6.07, 6.45) is -4.09. The number of aromatic nitrogens is 1. The molecule has 0 radical (unpaired) electrons. The molecule has 0 bridgehead atoms. The highest BCUT2D eigenvalue weighted by molar-refractivity contribution is 9.09. The normalized spacial score (nSPS) is 11.4. The van der Waals surface area contributed by atoms with Crippen LogP contribution in [-0.4, -0.2) is 16.1 Å². The highest BCUT2D eigenvalue weighted by atomic mass is 79.9. The Morgan fingerprint density at radius 1 is 1.29 bits per heavy atom. The smallest absolute Gasteiger partial charge is 0.417 e. The Balaban J connectivity index is 2.11. The summed E-state index contributed by atoms with van der Waals surface area (Å²) in [4.78, 5) is 15.1. The fraction of sp³-hybridized carbons (Fsp3) is 0.250. The van der Waals surface area contributed by atoms with Crippen molar-refractivity contribution in [2.75, 3.05) is 5.33 Å². The third kappa shape index (κ3) is 4.31. The SMILES string of the molecule is Cc1cc(OCc2ncc(C(F)(F)F)cc2F)ccc1C(=O)CBr. The van der Waals surface area contributed by atoms with Crippen molar-refractivity contribution < 1.29 is 27.1 Å². The fourth-order valence-corrected chi connectivity index (χ4v) is 2.29. The lowest BCUT2D eigenvalue weighted by molar-refractivity contribution is -0.138. The summed E-state index contributed by atoms with van der Waals surface area (Å²) in [5.41, 5.74) is -0.186. The summed E-state index contributed by atoms with van der Waals surface area (Å²) in [7, 11) is 0. The number of aryl methyl sites for hydroxylation is 1. The van der Waals surface area contributed by atoms with E-state index in [2.05, 4.69) is 20.9 Å². The van der Waals surface area contributed by atoms with Crippen LogP contribution in [0, 0.1) is 12.7 Å². The molecule has 1 aromatic carbocycles. The number of carbonyl (C=O) groups is 1. The van der Waals surface area contributed by atoms with Gasteiger partial charge in [0, 0.05) is 11.8 Å². The van der Waals surface area contributed by atoms with Crippen LogP contribution in [0.2, 0.25) is 0 Å². The second-order valence-electron chi connectivity index (χ2n) is 4.97. The summed E-state index contributed by atoms with van der Waals surface area (Å²) in [6, 6.07) is 5.09. The molecule has 1 heterocycles. The van der Waals surface area contributed by atoms with Gasteiger partial charge in [0.1, 0.15) is 23.9 Å². The highest BCUT2D eigenvalue weighted by Crippen LogP contribution is 2.29. The molecule has 0 fully saturated rings. The number of pyridine rings is 1. The molecule has 0 aliphatic carbocycles. The second kappa shape index (κ2) is 7.29. The van der Waals surface area contributed by atoms with Crippen LogP contribution in [0.1, 0.15) is 27.2 Å². The molecule has 0 saturated heterocycles. The molecule has 0 amide bonds. The third-order valence-corrected chi connectivity index (χ3v) is 3.75. The highest BCUT2D eigenvalue weighted by Gasteiger charge is 2.31. The maximum atomic E-state index is 13.7. The summed E-state index contributed by atoms with van der Waals surface area (Å²) in [5, 5.41) is 0.189. The van der Waals surface area contributed by atoms with Gasteiger partial charge in [-0.1, -0.05) is 15.9 Å². The Morgan fingerprint density at radius 2 is 2.00 bits per heavy atom. The van der Waals surface area contributed by atoms with Gasteiger partial charge in [-0.25, -0.2) is 4.39 Å². The first-order valence-electron chi connectivity index (χ1n) is 6.76. The molecule has 128 valence electrons. The molecule has 0 unspecified atom stereocenters. The van der Waals surface area contributed by atoms with Crippen LogP contribution in [0.5, 0.6) is 5.75 Å². The molecule has 24 heavy (non-hydrogen) atoms. The number of alkyl halides is 4. The van der Waals surface area contributed by atoms with Gasteiger partial charge >= 0.3 is 6.18 Å². The van der Waals surface area contributed by atoms with Gasteiger partial charge in [0.15, 0.2) is 5.78 Å². The average Bonchev–Trinajstić information content (AvgIpc) is 2.52. The molecule has 0 spiro atoms. The van der Waals surface area contributed by atoms with Gasteiger partial charge in [-0.05, 0) is 36.8 Å². The second-order valence-corrected chi connectivity index (χ2v) is 5.53. The molecule has 8 heteroatoms. The maximum absolute atomic E-state index is 13.7. The summed E-state index contributed by atoms with van der Waals surface area (Å²) >= 11 is 3.08. The molecule has 0 atom stereocenters. The number of nitrogens with zero attached hydrogens (tertiary/aromatic N) is 1. The Hall–Kier alpha value is -1.96. The monoisotopic (exact) mass is 405 g/mol. The fourth-order valence-electron chi connectivity index (χ4n) is 1.99. The van der Waals surface area contributed by atoms with E-state index in [1.807, 2.05) is 0 Å². The summed E-state index contributed by atoms with van der Waals surface area (Å²) < 4.78 is 56.4. The number of rotatable bonds is 5. The number of ether oxygens (including phenoxy) is 1. The van der Waals surface area contributed by atoms with Crippen molar-refractivity contribution in [3.8, 4) is 5.75 Å². The predicted octanol–water partition coefficient (Wildman–Crippen LogP) is 4.70. The van der Waals surface area contributed by atoms with Crippen molar-refractivity contribution in [3.05, 3.63) is 58.7 Å². The van der Waals surface area contributed by atoms with E-state index in [0.717, 1.165) is 0 Å². The maximum Gasteiger partial charge on any atom is 0.417 e. The average molecular weight is 406 g/mol. The van der Waals surface area contributed by atoms with Crippen LogP contribution in [0.25, 0.3) is 0 Å². The van der Waals surface area contributed by atoms with E-state index in [9.17, 15) is 22.4 Å². The van der Waals surface area contributed by atoms with Crippen LogP contribution in [0.15, 0.2) is 30.5 Å². The topological polar surface area (TPSA) is 39.2 Å². The van der Waals surface area contributed by atoms with E-state index in [1.54, 1.807) is 19.1 Å². The molecular weight excluding hydrogens is 394 g/mol. The molecule has 1 aromatic heterocycles. The predicted molar refractivity (Wildman–Crippen MR) is 82.8 cm³/mol. The molecule has 2 aromatic rings. The van der Waals surface area contributed by atoms with Gasteiger partial charge in [-0.15, -0.1) is 0 Å². The number of hydrogen-bond acceptors (Lipinski definition) is 3. The Labute approximate surface area is 143 Å². The van der Waals surface area contributed by atoms with E-state index in [0.29, 0.717) is 29.1 Å². The zero-order valence-corrected chi connectivity index (χ0v) is 14.0. The first-order chi connectivity index (χ1) is 11.2. The number of ketones is 1. The molecule has 3 nitrogen and oxygen atoms in total.